The van der Waals surface area contributed by atoms with Gasteiger partial charge in [0.2, 0.25) is 0 Å². The Morgan fingerprint density at radius 3 is 2.05 bits per heavy atom. The second-order valence-corrected chi connectivity index (χ2v) is 9.80. The predicted octanol–water partition coefficient (Wildman–Crippen LogP) is 6.50. The van der Waals surface area contributed by atoms with Crippen LogP contribution < -0.4 is 0 Å². The van der Waals surface area contributed by atoms with Gasteiger partial charge in [0.15, 0.2) is 0 Å². The highest BCUT2D eigenvalue weighted by Crippen LogP contribution is 2.35. The minimum atomic E-state index is 0.0259. The van der Waals surface area contributed by atoms with Crippen molar-refractivity contribution in [2.75, 3.05) is 11.5 Å². The lowest BCUT2D eigenvalue weighted by Crippen LogP contribution is -2.08. The third-order valence-corrected chi connectivity index (χ3v) is 7.74. The van der Waals surface area contributed by atoms with Crippen LogP contribution in [0, 0.1) is 0 Å². The average Bonchev–Trinajstić information content (AvgIpc) is 2.48. The molecule has 1 atom stereocenters. The minimum Gasteiger partial charge on any atom is -0.464 e. The highest BCUT2D eigenvalue weighted by atomic mass is 33.5. The highest BCUT2D eigenvalue weighted by Gasteiger charge is 2.01. The van der Waals surface area contributed by atoms with Crippen molar-refractivity contribution in [3.8, 4) is 0 Å². The van der Waals surface area contributed by atoms with Crippen LogP contribution >= 0.6 is 31.4 Å². The van der Waals surface area contributed by atoms with E-state index in [2.05, 4.69) is 6.92 Å². The molecule has 5 heteroatoms. The summed E-state index contributed by atoms with van der Waals surface area (Å²) in [6.45, 7) is 4.73. The van der Waals surface area contributed by atoms with Crippen molar-refractivity contribution in [2.45, 2.75) is 84.2 Å². The molecule has 0 heterocycles. The van der Waals surface area contributed by atoms with Gasteiger partial charge < -0.3 is 4.74 Å². The lowest BCUT2D eigenvalue weighted by atomic mass is 10.1. The van der Waals surface area contributed by atoms with E-state index in [4.69, 9.17) is 4.74 Å². The lowest BCUT2D eigenvalue weighted by molar-refractivity contribution is -0.131. The van der Waals surface area contributed by atoms with Gasteiger partial charge >= 0.3 is 0 Å². The van der Waals surface area contributed by atoms with E-state index in [1.165, 1.54) is 70.0 Å². The summed E-state index contributed by atoms with van der Waals surface area (Å²) in [4.78, 5) is 10.1. The molecule has 0 rings (SSSR count). The monoisotopic (exact) mass is 352 g/mol. The Labute approximate surface area is 143 Å². The van der Waals surface area contributed by atoms with Gasteiger partial charge in [0.05, 0.1) is 0 Å². The van der Waals surface area contributed by atoms with E-state index < -0.39 is 0 Å². The van der Waals surface area contributed by atoms with Gasteiger partial charge in [-0.2, -0.15) is 0 Å². The Morgan fingerprint density at radius 2 is 1.48 bits per heavy atom. The number of ether oxygens (including phenoxy) is 1. The molecular weight excluding hydrogens is 320 g/mol. The Balaban J connectivity index is 3.01. The van der Waals surface area contributed by atoms with Crippen LogP contribution in [0.15, 0.2) is 0 Å². The van der Waals surface area contributed by atoms with Gasteiger partial charge in [0.25, 0.3) is 6.47 Å². The van der Waals surface area contributed by atoms with E-state index in [0.717, 1.165) is 5.75 Å². The molecule has 0 spiro atoms. The zero-order valence-corrected chi connectivity index (χ0v) is 16.1. The molecule has 126 valence electrons. The van der Waals surface area contributed by atoms with E-state index >= 15 is 0 Å². The quantitative estimate of drug-likeness (QED) is 0.169. The van der Waals surface area contributed by atoms with E-state index in [-0.39, 0.29) is 6.10 Å². The first-order valence-corrected chi connectivity index (χ1v) is 12.1. The zero-order chi connectivity index (χ0) is 15.6. The van der Waals surface area contributed by atoms with Crippen molar-refractivity contribution >= 4 is 37.9 Å². The second-order valence-electron chi connectivity index (χ2n) is 5.40. The highest BCUT2D eigenvalue weighted by molar-refractivity contribution is 9.09. The first-order valence-electron chi connectivity index (χ1n) is 8.31. The smallest absolute Gasteiger partial charge is 0.293 e. The molecule has 2 nitrogen and oxygen atoms in total. The van der Waals surface area contributed by atoms with E-state index in [1.807, 2.05) is 27.5 Å². The van der Waals surface area contributed by atoms with Crippen LogP contribution in [0.1, 0.15) is 78.1 Å². The first-order chi connectivity index (χ1) is 10.3. The third-order valence-electron chi connectivity index (χ3n) is 3.27. The summed E-state index contributed by atoms with van der Waals surface area (Å²) in [5.41, 5.74) is 0. The summed E-state index contributed by atoms with van der Waals surface area (Å²) < 4.78 is 4.83. The summed E-state index contributed by atoms with van der Waals surface area (Å²) in [6.07, 6.45) is 14.0. The minimum absolute atomic E-state index is 0.0259. The van der Waals surface area contributed by atoms with Crippen molar-refractivity contribution < 1.29 is 9.53 Å². The van der Waals surface area contributed by atoms with E-state index in [1.54, 1.807) is 10.8 Å². The maximum Gasteiger partial charge on any atom is 0.293 e. The van der Waals surface area contributed by atoms with Gasteiger partial charge in [-0.1, -0.05) is 86.3 Å². The fourth-order valence-corrected chi connectivity index (χ4v) is 5.99. The number of carbonyl (C=O) groups is 1. The summed E-state index contributed by atoms with van der Waals surface area (Å²) in [5.74, 6) is 2.10. The van der Waals surface area contributed by atoms with Crippen LogP contribution in [-0.2, 0) is 9.53 Å². The summed E-state index contributed by atoms with van der Waals surface area (Å²) in [7, 11) is 5.53. The molecule has 1 unspecified atom stereocenters. The predicted molar refractivity (Wildman–Crippen MR) is 101 cm³/mol. The largest absolute Gasteiger partial charge is 0.464 e. The van der Waals surface area contributed by atoms with Crippen molar-refractivity contribution in [3.63, 3.8) is 0 Å². The second kappa shape index (κ2) is 18.6. The molecule has 0 N–H and O–H groups in total. The normalized spacial score (nSPS) is 12.3. The molecular formula is C16H32O2S3. The third kappa shape index (κ3) is 18.5. The molecule has 0 saturated heterocycles. The fraction of sp³-hybridized carbons (Fsp3) is 0.938. The molecule has 0 aromatic heterocycles. The molecule has 0 saturated carbocycles. The van der Waals surface area contributed by atoms with Gasteiger partial charge in [-0.25, -0.2) is 0 Å². The summed E-state index contributed by atoms with van der Waals surface area (Å²) >= 11 is 0. The van der Waals surface area contributed by atoms with Crippen molar-refractivity contribution in [1.82, 2.24) is 0 Å². The van der Waals surface area contributed by atoms with Gasteiger partial charge in [-0.3, -0.25) is 4.79 Å². The van der Waals surface area contributed by atoms with E-state index in [9.17, 15) is 4.79 Å². The SMILES string of the molecule is CCCCCCCCCCCCSSSCC(C)OC=O. The molecule has 0 aliphatic heterocycles. The first kappa shape index (κ1) is 21.5. The van der Waals surface area contributed by atoms with Crippen LogP contribution in [0.25, 0.3) is 0 Å². The van der Waals surface area contributed by atoms with Gasteiger partial charge in [-0.05, 0) is 23.2 Å². The van der Waals surface area contributed by atoms with Crippen molar-refractivity contribution in [2.24, 2.45) is 0 Å². The summed E-state index contributed by atoms with van der Waals surface area (Å²) in [5, 5.41) is 0. The summed E-state index contributed by atoms with van der Waals surface area (Å²) in [6, 6.07) is 0. The van der Waals surface area contributed by atoms with E-state index in [0.29, 0.717) is 6.47 Å². The van der Waals surface area contributed by atoms with Crippen molar-refractivity contribution in [1.29, 1.82) is 0 Å². The zero-order valence-electron chi connectivity index (χ0n) is 13.7. The molecule has 0 amide bonds. The molecule has 0 aliphatic rings. The van der Waals surface area contributed by atoms with Gasteiger partial charge in [0, 0.05) is 11.5 Å². The Kier molecular flexibility index (Phi) is 19.0. The Morgan fingerprint density at radius 1 is 0.905 bits per heavy atom. The average molecular weight is 353 g/mol. The van der Waals surface area contributed by atoms with Crippen LogP contribution in [0.4, 0.5) is 0 Å². The molecule has 21 heavy (non-hydrogen) atoms. The Bertz CT molecular complexity index is 216. The molecule has 0 bridgehead atoms. The van der Waals surface area contributed by atoms with Gasteiger partial charge in [-0.15, -0.1) is 0 Å². The van der Waals surface area contributed by atoms with Crippen LogP contribution in [0.5, 0.6) is 0 Å². The van der Waals surface area contributed by atoms with Crippen molar-refractivity contribution in [3.05, 3.63) is 0 Å². The molecule has 0 aliphatic carbocycles. The topological polar surface area (TPSA) is 26.3 Å². The molecule has 0 fully saturated rings. The number of rotatable bonds is 17. The number of unbranched alkanes of at least 4 members (excludes halogenated alkanes) is 9. The molecule has 0 radical (unpaired) electrons. The van der Waals surface area contributed by atoms with Crippen LogP contribution in [0.2, 0.25) is 0 Å². The van der Waals surface area contributed by atoms with Crippen LogP contribution in [0.3, 0.4) is 0 Å². The number of carbonyl (C=O) groups excluding carboxylic acids is 1. The lowest BCUT2D eigenvalue weighted by Gasteiger charge is -2.07. The maximum atomic E-state index is 10.1. The molecule has 0 aromatic rings. The standard InChI is InChI=1S/C16H32O2S3/c1-3-4-5-6-7-8-9-10-11-12-13-19-21-20-14-16(2)18-15-17/h15-16H,3-14H2,1-2H3. The van der Waals surface area contributed by atoms with Gasteiger partial charge in [0.1, 0.15) is 6.10 Å². The maximum absolute atomic E-state index is 10.1. The fourth-order valence-electron chi connectivity index (χ4n) is 1.97. The molecule has 0 aromatic carbocycles. The number of hydrogen-bond acceptors (Lipinski definition) is 5. The number of hydrogen-bond donors (Lipinski definition) is 0. The Hall–Kier alpha value is 0.520. The van der Waals surface area contributed by atoms with Crippen LogP contribution in [-0.4, -0.2) is 24.1 Å².